The predicted octanol–water partition coefficient (Wildman–Crippen LogP) is 2.61. The number of hydrogen-bond acceptors (Lipinski definition) is 7. The van der Waals surface area contributed by atoms with Crippen molar-refractivity contribution in [3.63, 3.8) is 0 Å². The Hall–Kier alpha value is -4.26. The fourth-order valence-corrected chi connectivity index (χ4v) is 3.97. The zero-order chi connectivity index (χ0) is 27.9. The van der Waals surface area contributed by atoms with E-state index in [-0.39, 0.29) is 40.6 Å². The third-order valence-corrected chi connectivity index (χ3v) is 6.34. The number of methoxy groups -OCH3 is 1. The van der Waals surface area contributed by atoms with E-state index in [0.29, 0.717) is 0 Å². The van der Waals surface area contributed by atoms with Gasteiger partial charge in [0.15, 0.2) is 0 Å². The zero-order valence-corrected chi connectivity index (χ0v) is 20.1. The van der Waals surface area contributed by atoms with Gasteiger partial charge in [0, 0.05) is 17.3 Å². The number of pyridine rings is 2. The summed E-state index contributed by atoms with van der Waals surface area (Å²) < 4.78 is 67.4. The number of ether oxygens (including phenoxy) is 2. The van der Waals surface area contributed by atoms with Crippen molar-refractivity contribution in [1.29, 1.82) is 0 Å². The molecular weight excluding hydrogens is 512 g/mol. The third-order valence-electron chi connectivity index (χ3n) is 6.34. The van der Waals surface area contributed by atoms with E-state index in [4.69, 9.17) is 15.2 Å². The molecule has 0 saturated carbocycles. The molecule has 2 amide bonds. The van der Waals surface area contributed by atoms with E-state index < -0.39 is 47.1 Å². The number of nitrogens with zero attached hydrogens (tertiary/aromatic N) is 2. The van der Waals surface area contributed by atoms with Crippen LogP contribution in [0.4, 0.5) is 17.6 Å². The van der Waals surface area contributed by atoms with Crippen LogP contribution < -0.4 is 20.5 Å². The molecule has 200 valence electrons. The topological polar surface area (TPSA) is 137 Å². The van der Waals surface area contributed by atoms with Crippen LogP contribution in [-0.2, 0) is 15.8 Å². The number of alkyl halides is 3. The molecule has 1 unspecified atom stereocenters. The van der Waals surface area contributed by atoms with E-state index in [1.54, 1.807) is 0 Å². The molecule has 3 aromatic rings. The van der Waals surface area contributed by atoms with Crippen molar-refractivity contribution < 1.29 is 41.7 Å². The second-order valence-electron chi connectivity index (χ2n) is 8.83. The van der Waals surface area contributed by atoms with Gasteiger partial charge in [0.2, 0.25) is 17.4 Å². The molecule has 2 atom stereocenters. The van der Waals surface area contributed by atoms with Gasteiger partial charge in [-0.25, -0.2) is 14.4 Å². The minimum atomic E-state index is -5.34. The van der Waals surface area contributed by atoms with Gasteiger partial charge in [0.1, 0.15) is 34.8 Å². The summed E-state index contributed by atoms with van der Waals surface area (Å²) in [6, 6.07) is 8.19. The summed E-state index contributed by atoms with van der Waals surface area (Å²) in [4.78, 5) is 32.8. The molecule has 1 aliphatic heterocycles. The average molecular weight is 534 g/mol. The monoisotopic (exact) mass is 534 g/mol. The van der Waals surface area contributed by atoms with Gasteiger partial charge in [0.05, 0.1) is 19.3 Å². The highest BCUT2D eigenvalue weighted by molar-refractivity contribution is 5.96. The Morgan fingerprint density at radius 3 is 2.53 bits per heavy atom. The van der Waals surface area contributed by atoms with Crippen LogP contribution in [0.3, 0.4) is 0 Å². The Bertz CT molecular complexity index is 1400. The van der Waals surface area contributed by atoms with Crippen molar-refractivity contribution in [2.75, 3.05) is 20.3 Å². The van der Waals surface area contributed by atoms with Gasteiger partial charge in [-0.1, -0.05) is 0 Å². The first-order valence-corrected chi connectivity index (χ1v) is 11.1. The Morgan fingerprint density at radius 2 is 1.92 bits per heavy atom. The van der Waals surface area contributed by atoms with Crippen LogP contribution in [-0.4, -0.2) is 53.3 Å². The predicted molar refractivity (Wildman–Crippen MR) is 125 cm³/mol. The van der Waals surface area contributed by atoms with E-state index in [1.165, 1.54) is 44.5 Å². The van der Waals surface area contributed by atoms with Gasteiger partial charge in [-0.15, -0.1) is 0 Å². The van der Waals surface area contributed by atoms with Gasteiger partial charge in [-0.2, -0.15) is 13.2 Å². The van der Waals surface area contributed by atoms with E-state index in [1.807, 2.05) is 0 Å². The molecule has 0 radical (unpaired) electrons. The maximum absolute atomic E-state index is 14.4. The Labute approximate surface area is 213 Å². The quantitative estimate of drug-likeness (QED) is 0.397. The molecule has 38 heavy (non-hydrogen) atoms. The lowest BCUT2D eigenvalue weighted by Crippen LogP contribution is -2.52. The average Bonchev–Trinajstić information content (AvgIpc) is 3.24. The normalized spacial score (nSPS) is 18.2. The SMILES string of the molecule is COc1ncccc1C(=O)NCC(O)(c1cc2c(c(-c3ccc(F)cc3)n1)OC[C@]2(C)C(N)=O)C(F)(F)F. The molecule has 9 nitrogen and oxygen atoms in total. The number of aromatic nitrogens is 2. The second-order valence-corrected chi connectivity index (χ2v) is 8.83. The number of nitrogens with two attached hydrogens (primary N) is 1. The fourth-order valence-electron chi connectivity index (χ4n) is 3.97. The van der Waals surface area contributed by atoms with Crippen LogP contribution in [0.2, 0.25) is 0 Å². The van der Waals surface area contributed by atoms with Gasteiger partial charge in [-0.05, 0) is 49.4 Å². The zero-order valence-electron chi connectivity index (χ0n) is 20.1. The standard InChI is InChI=1S/C25H22F4N4O5/c1-23(22(30)35)12-38-19-16(23)10-17(33-18(19)13-5-7-14(26)8-6-13)24(36,25(27,28)29)11-32-20(34)15-4-3-9-31-21(15)37-2/h3-10,36H,11-12H2,1-2H3,(H2,30,35)(H,32,34)/t23-,24?/m0/s1. The van der Waals surface area contributed by atoms with E-state index in [2.05, 4.69) is 15.3 Å². The number of carbonyl (C=O) groups excluding carboxylic acids is 2. The number of rotatable bonds is 7. The van der Waals surface area contributed by atoms with Crippen LogP contribution in [0.15, 0.2) is 48.7 Å². The second kappa shape index (κ2) is 9.56. The van der Waals surface area contributed by atoms with Crippen LogP contribution in [0.1, 0.15) is 28.5 Å². The molecule has 0 saturated heterocycles. The van der Waals surface area contributed by atoms with Crippen LogP contribution >= 0.6 is 0 Å². The van der Waals surface area contributed by atoms with Crippen molar-refractivity contribution in [3.05, 3.63) is 71.3 Å². The molecule has 0 spiro atoms. The number of halogens is 4. The lowest BCUT2D eigenvalue weighted by Gasteiger charge is -2.31. The minimum Gasteiger partial charge on any atom is -0.489 e. The van der Waals surface area contributed by atoms with Gasteiger partial charge in [0.25, 0.3) is 5.91 Å². The molecule has 1 aromatic carbocycles. The number of aliphatic hydroxyl groups is 1. The number of amides is 2. The van der Waals surface area contributed by atoms with E-state index in [0.717, 1.165) is 18.2 Å². The Kier molecular flexibility index (Phi) is 6.74. The molecule has 0 aliphatic carbocycles. The summed E-state index contributed by atoms with van der Waals surface area (Å²) >= 11 is 0. The number of carbonyl (C=O) groups is 2. The molecule has 2 aromatic heterocycles. The van der Waals surface area contributed by atoms with Gasteiger partial charge in [-0.3, -0.25) is 9.59 Å². The van der Waals surface area contributed by atoms with Crippen molar-refractivity contribution in [1.82, 2.24) is 15.3 Å². The van der Waals surface area contributed by atoms with Crippen molar-refractivity contribution in [3.8, 4) is 22.9 Å². The lowest BCUT2D eigenvalue weighted by atomic mass is 9.81. The first-order chi connectivity index (χ1) is 17.8. The molecule has 0 bridgehead atoms. The van der Waals surface area contributed by atoms with E-state index >= 15 is 0 Å². The van der Waals surface area contributed by atoms with Crippen molar-refractivity contribution in [2.24, 2.45) is 5.73 Å². The summed E-state index contributed by atoms with van der Waals surface area (Å²) in [6.45, 7) is -0.266. The summed E-state index contributed by atoms with van der Waals surface area (Å²) in [5, 5.41) is 13.1. The summed E-state index contributed by atoms with van der Waals surface area (Å²) in [7, 11) is 1.23. The van der Waals surface area contributed by atoms with Crippen LogP contribution in [0.25, 0.3) is 11.3 Å². The molecule has 0 fully saturated rings. The Balaban J connectivity index is 1.85. The third kappa shape index (κ3) is 4.49. The highest BCUT2D eigenvalue weighted by Crippen LogP contribution is 2.47. The maximum atomic E-state index is 14.4. The summed E-state index contributed by atoms with van der Waals surface area (Å²) in [5.41, 5.74) is -0.887. The molecular formula is C25H22F4N4O5. The molecule has 13 heteroatoms. The summed E-state index contributed by atoms with van der Waals surface area (Å²) in [6.07, 6.45) is -4.02. The first-order valence-electron chi connectivity index (χ1n) is 11.1. The fraction of sp³-hybridized carbons (Fsp3) is 0.280. The smallest absolute Gasteiger partial charge is 0.424 e. The molecule has 4 rings (SSSR count). The first kappa shape index (κ1) is 26.8. The van der Waals surface area contributed by atoms with Crippen LogP contribution in [0.5, 0.6) is 11.6 Å². The van der Waals surface area contributed by atoms with Crippen LogP contribution in [0, 0.1) is 5.82 Å². The van der Waals surface area contributed by atoms with Gasteiger partial charge < -0.3 is 25.6 Å². The van der Waals surface area contributed by atoms with E-state index in [9.17, 15) is 32.3 Å². The largest absolute Gasteiger partial charge is 0.489 e. The molecule has 3 heterocycles. The number of fused-ring (bicyclic) bond motifs is 1. The highest BCUT2D eigenvalue weighted by atomic mass is 19.4. The summed E-state index contributed by atoms with van der Waals surface area (Å²) in [5.74, 6) is -2.65. The highest BCUT2D eigenvalue weighted by Gasteiger charge is 2.57. The number of nitrogens with one attached hydrogen (secondary N) is 1. The number of benzene rings is 1. The van der Waals surface area contributed by atoms with Crippen molar-refractivity contribution in [2.45, 2.75) is 24.1 Å². The maximum Gasteiger partial charge on any atom is 0.424 e. The lowest BCUT2D eigenvalue weighted by molar-refractivity contribution is -0.265. The number of hydrogen-bond donors (Lipinski definition) is 3. The van der Waals surface area contributed by atoms with Crippen molar-refractivity contribution >= 4 is 11.8 Å². The minimum absolute atomic E-state index is 0.0321. The molecule has 4 N–H and O–H groups in total. The Morgan fingerprint density at radius 1 is 1.24 bits per heavy atom. The molecule has 1 aliphatic rings. The van der Waals surface area contributed by atoms with Gasteiger partial charge >= 0.3 is 6.18 Å². The number of primary amides is 1.